The minimum atomic E-state index is -0.132. The first-order valence-electron chi connectivity index (χ1n) is 12.5. The van der Waals surface area contributed by atoms with E-state index >= 15 is 0 Å². The Labute approximate surface area is 194 Å². The van der Waals surface area contributed by atoms with Crippen LogP contribution in [-0.2, 0) is 38.0 Å². The molecule has 1 aliphatic heterocycles. The Morgan fingerprint density at radius 2 is 1.28 bits per heavy atom. The van der Waals surface area contributed by atoms with Gasteiger partial charge in [0, 0.05) is 13.0 Å². The van der Waals surface area contributed by atoms with E-state index in [2.05, 4.69) is 6.92 Å². The van der Waals surface area contributed by atoms with E-state index in [1.165, 1.54) is 32.1 Å². The van der Waals surface area contributed by atoms with E-state index in [4.69, 9.17) is 33.2 Å². The van der Waals surface area contributed by atoms with Crippen molar-refractivity contribution in [2.45, 2.75) is 77.4 Å². The molecule has 0 spiro atoms. The van der Waals surface area contributed by atoms with Crippen molar-refractivity contribution in [2.24, 2.45) is 0 Å². The van der Waals surface area contributed by atoms with Gasteiger partial charge in [0.1, 0.15) is 6.61 Å². The minimum absolute atomic E-state index is 0.0605. The number of carbonyl (C=O) groups excluding carboxylic acids is 1. The van der Waals surface area contributed by atoms with Crippen molar-refractivity contribution < 1.29 is 38.0 Å². The lowest BCUT2D eigenvalue weighted by molar-refractivity contribution is -0.169. The van der Waals surface area contributed by atoms with Crippen molar-refractivity contribution in [2.75, 3.05) is 72.7 Å². The van der Waals surface area contributed by atoms with Crippen LogP contribution in [0.2, 0.25) is 0 Å². The highest BCUT2D eigenvalue weighted by Crippen LogP contribution is 2.13. The molecule has 1 fully saturated rings. The summed E-state index contributed by atoms with van der Waals surface area (Å²) in [7, 11) is 0. The van der Waals surface area contributed by atoms with Crippen LogP contribution in [0.3, 0.4) is 0 Å². The number of unbranched alkanes of at least 4 members (excludes halogenated alkanes) is 5. The van der Waals surface area contributed by atoms with Crippen LogP contribution in [0.4, 0.5) is 0 Å². The van der Waals surface area contributed by atoms with Gasteiger partial charge in [0.25, 0.3) is 0 Å². The molecule has 8 heteroatoms. The lowest BCUT2D eigenvalue weighted by atomic mass is 10.1. The summed E-state index contributed by atoms with van der Waals surface area (Å²) in [6.07, 6.45) is 10.7. The molecular weight excluding hydrogens is 416 g/mol. The topological polar surface area (TPSA) is 81.7 Å². The van der Waals surface area contributed by atoms with E-state index in [0.29, 0.717) is 72.5 Å². The molecule has 8 nitrogen and oxygen atoms in total. The van der Waals surface area contributed by atoms with E-state index in [1.807, 2.05) is 0 Å². The maximum atomic E-state index is 11.6. The number of rotatable bonds is 23. The third-order valence-corrected chi connectivity index (χ3v) is 5.01. The highest BCUT2D eigenvalue weighted by atomic mass is 16.7. The molecule has 190 valence electrons. The van der Waals surface area contributed by atoms with Gasteiger partial charge in [0.15, 0.2) is 6.29 Å². The first-order valence-corrected chi connectivity index (χ1v) is 12.5. The summed E-state index contributed by atoms with van der Waals surface area (Å²) in [5.74, 6) is -0.132. The van der Waals surface area contributed by atoms with Gasteiger partial charge >= 0.3 is 5.97 Å². The molecule has 1 aliphatic rings. The molecular formula is C24H46O8. The van der Waals surface area contributed by atoms with E-state index in [1.54, 1.807) is 0 Å². The lowest BCUT2D eigenvalue weighted by Crippen LogP contribution is -2.24. The quantitative estimate of drug-likeness (QED) is 0.167. The van der Waals surface area contributed by atoms with Gasteiger partial charge in [-0.1, -0.05) is 39.0 Å². The fraction of sp³-hybridized carbons (Fsp3) is 0.958. The van der Waals surface area contributed by atoms with E-state index in [-0.39, 0.29) is 12.3 Å². The summed E-state index contributed by atoms with van der Waals surface area (Å²) < 4.78 is 38.0. The molecule has 1 unspecified atom stereocenters. The molecule has 0 amide bonds. The van der Waals surface area contributed by atoms with Crippen molar-refractivity contribution in [1.82, 2.24) is 0 Å². The van der Waals surface area contributed by atoms with Crippen LogP contribution in [0.15, 0.2) is 0 Å². The largest absolute Gasteiger partial charge is 0.463 e. The number of carbonyl (C=O) groups is 1. The number of ether oxygens (including phenoxy) is 7. The Morgan fingerprint density at radius 1 is 0.719 bits per heavy atom. The second-order valence-corrected chi connectivity index (χ2v) is 7.85. The molecule has 0 aromatic rings. The van der Waals surface area contributed by atoms with Crippen LogP contribution in [0.1, 0.15) is 71.1 Å². The lowest BCUT2D eigenvalue weighted by Gasteiger charge is -2.22. The zero-order chi connectivity index (χ0) is 23.0. The van der Waals surface area contributed by atoms with E-state index in [9.17, 15) is 4.79 Å². The summed E-state index contributed by atoms with van der Waals surface area (Å²) in [5, 5.41) is 0. The van der Waals surface area contributed by atoms with Gasteiger partial charge in [-0.3, -0.25) is 4.79 Å². The third kappa shape index (κ3) is 19.9. The maximum Gasteiger partial charge on any atom is 0.305 e. The number of hydrogen-bond acceptors (Lipinski definition) is 8. The summed E-state index contributed by atoms with van der Waals surface area (Å²) in [6, 6.07) is 0. The maximum absolute atomic E-state index is 11.6. The highest BCUT2D eigenvalue weighted by molar-refractivity contribution is 5.69. The fourth-order valence-electron chi connectivity index (χ4n) is 3.18. The number of hydrogen-bond donors (Lipinski definition) is 0. The van der Waals surface area contributed by atoms with Crippen molar-refractivity contribution in [1.29, 1.82) is 0 Å². The molecule has 1 rings (SSSR count). The summed E-state index contributed by atoms with van der Waals surface area (Å²) >= 11 is 0. The predicted molar refractivity (Wildman–Crippen MR) is 122 cm³/mol. The van der Waals surface area contributed by atoms with Crippen LogP contribution in [-0.4, -0.2) is 84.9 Å². The zero-order valence-electron chi connectivity index (χ0n) is 20.2. The SMILES string of the molecule is CCCCCCCCC(=O)OCCOCCOCCOCCOCCOC1CCCCO1. The second kappa shape index (κ2) is 23.4. The molecule has 0 radical (unpaired) electrons. The third-order valence-electron chi connectivity index (χ3n) is 5.01. The van der Waals surface area contributed by atoms with Gasteiger partial charge in [0.2, 0.25) is 0 Å². The average Bonchev–Trinajstić information content (AvgIpc) is 2.81. The molecule has 0 bridgehead atoms. The van der Waals surface area contributed by atoms with Crippen molar-refractivity contribution in [3.8, 4) is 0 Å². The van der Waals surface area contributed by atoms with Gasteiger partial charge in [-0.05, 0) is 25.7 Å². The second-order valence-electron chi connectivity index (χ2n) is 7.85. The fourth-order valence-corrected chi connectivity index (χ4v) is 3.18. The standard InChI is InChI=1S/C24H46O8/c1-2-3-4-5-6-7-10-23(25)30-21-19-28-17-15-26-13-14-27-16-18-29-20-22-32-24-11-8-9-12-31-24/h24H,2-22H2,1H3. The molecule has 1 saturated heterocycles. The van der Waals surface area contributed by atoms with Crippen LogP contribution in [0.5, 0.6) is 0 Å². The van der Waals surface area contributed by atoms with Crippen LogP contribution < -0.4 is 0 Å². The van der Waals surface area contributed by atoms with Gasteiger partial charge in [-0.15, -0.1) is 0 Å². The Hall–Kier alpha value is -0.770. The van der Waals surface area contributed by atoms with E-state index in [0.717, 1.165) is 32.3 Å². The van der Waals surface area contributed by atoms with Gasteiger partial charge in [-0.25, -0.2) is 0 Å². The summed E-state index contributed by atoms with van der Waals surface area (Å²) in [4.78, 5) is 11.6. The molecule has 1 heterocycles. The summed E-state index contributed by atoms with van der Waals surface area (Å²) in [5.41, 5.74) is 0. The normalized spacial score (nSPS) is 16.3. The molecule has 0 N–H and O–H groups in total. The molecule has 0 aromatic carbocycles. The molecule has 0 aromatic heterocycles. The highest BCUT2D eigenvalue weighted by Gasteiger charge is 2.13. The Bertz CT molecular complexity index is 401. The Balaban J connectivity index is 1.68. The van der Waals surface area contributed by atoms with Gasteiger partial charge < -0.3 is 33.2 Å². The zero-order valence-corrected chi connectivity index (χ0v) is 20.2. The van der Waals surface area contributed by atoms with Crippen molar-refractivity contribution in [3.05, 3.63) is 0 Å². The predicted octanol–water partition coefficient (Wildman–Crippen LogP) is 3.89. The van der Waals surface area contributed by atoms with Gasteiger partial charge in [0.05, 0.1) is 59.5 Å². The van der Waals surface area contributed by atoms with Crippen LogP contribution >= 0.6 is 0 Å². The Kier molecular flexibility index (Phi) is 21.4. The van der Waals surface area contributed by atoms with Gasteiger partial charge in [-0.2, -0.15) is 0 Å². The van der Waals surface area contributed by atoms with Crippen LogP contribution in [0.25, 0.3) is 0 Å². The van der Waals surface area contributed by atoms with E-state index < -0.39 is 0 Å². The molecule has 0 aliphatic carbocycles. The minimum Gasteiger partial charge on any atom is -0.463 e. The van der Waals surface area contributed by atoms with Crippen LogP contribution in [0, 0.1) is 0 Å². The molecule has 32 heavy (non-hydrogen) atoms. The van der Waals surface area contributed by atoms with Crippen molar-refractivity contribution >= 4 is 5.97 Å². The molecule has 0 saturated carbocycles. The number of esters is 1. The van der Waals surface area contributed by atoms with Crippen molar-refractivity contribution in [3.63, 3.8) is 0 Å². The average molecular weight is 463 g/mol. The smallest absolute Gasteiger partial charge is 0.305 e. The molecule has 1 atom stereocenters. The first kappa shape index (κ1) is 29.3. The summed E-state index contributed by atoms with van der Waals surface area (Å²) in [6.45, 7) is 7.86. The monoisotopic (exact) mass is 462 g/mol. The first-order chi connectivity index (χ1) is 15.8. The Morgan fingerprint density at radius 3 is 1.88 bits per heavy atom.